The number of nitrogens with one attached hydrogen (secondary N) is 1. The third kappa shape index (κ3) is 2.08. The van der Waals surface area contributed by atoms with Gasteiger partial charge >= 0.3 is 0 Å². The second-order valence-corrected chi connectivity index (χ2v) is 3.57. The Morgan fingerprint density at radius 2 is 2.38 bits per heavy atom. The lowest BCUT2D eigenvalue weighted by Gasteiger charge is -2.16. The molecule has 1 atom stereocenters. The standard InChI is InChI=1S/C9H15N7/c1-2-7(3-4-10)12-8-5-11-6-9-13-14-15-16(8)9/h5-7,12H,2-4,10H2,1H3. The van der Waals surface area contributed by atoms with Gasteiger partial charge in [-0.1, -0.05) is 6.92 Å². The molecule has 0 aromatic carbocycles. The molecular weight excluding hydrogens is 206 g/mol. The van der Waals surface area contributed by atoms with Crippen molar-refractivity contribution in [1.29, 1.82) is 0 Å². The Labute approximate surface area is 93.0 Å². The molecule has 2 rings (SSSR count). The van der Waals surface area contributed by atoms with Crippen LogP contribution in [0.3, 0.4) is 0 Å². The van der Waals surface area contributed by atoms with Crippen LogP contribution in [-0.4, -0.2) is 37.6 Å². The number of rotatable bonds is 5. The van der Waals surface area contributed by atoms with Crippen LogP contribution in [0.2, 0.25) is 0 Å². The third-order valence-electron chi connectivity index (χ3n) is 2.47. The molecule has 0 bridgehead atoms. The SMILES string of the molecule is CCC(CCN)Nc1cncc2nnnn12. The third-order valence-corrected chi connectivity index (χ3v) is 2.47. The predicted octanol–water partition coefficient (Wildman–Crippen LogP) is 0.0586. The number of aromatic nitrogens is 5. The van der Waals surface area contributed by atoms with Crippen molar-refractivity contribution < 1.29 is 0 Å². The van der Waals surface area contributed by atoms with E-state index in [1.807, 2.05) is 0 Å². The van der Waals surface area contributed by atoms with Crippen molar-refractivity contribution in [3.05, 3.63) is 12.4 Å². The average molecular weight is 221 g/mol. The molecule has 16 heavy (non-hydrogen) atoms. The lowest BCUT2D eigenvalue weighted by molar-refractivity contribution is 0.634. The fourth-order valence-electron chi connectivity index (χ4n) is 1.56. The topological polar surface area (TPSA) is 94.0 Å². The second kappa shape index (κ2) is 4.84. The summed E-state index contributed by atoms with van der Waals surface area (Å²) in [6, 6.07) is 0.321. The Morgan fingerprint density at radius 3 is 3.12 bits per heavy atom. The number of fused-ring (bicyclic) bond motifs is 1. The van der Waals surface area contributed by atoms with E-state index in [9.17, 15) is 0 Å². The smallest absolute Gasteiger partial charge is 0.199 e. The van der Waals surface area contributed by atoms with E-state index in [1.54, 1.807) is 16.9 Å². The molecule has 0 saturated carbocycles. The van der Waals surface area contributed by atoms with Crippen LogP contribution in [0.5, 0.6) is 0 Å². The molecule has 0 spiro atoms. The minimum Gasteiger partial charge on any atom is -0.366 e. The van der Waals surface area contributed by atoms with Gasteiger partial charge in [0, 0.05) is 6.04 Å². The summed E-state index contributed by atoms with van der Waals surface area (Å²) < 4.78 is 1.63. The summed E-state index contributed by atoms with van der Waals surface area (Å²) in [5.74, 6) is 0.794. The minimum absolute atomic E-state index is 0.321. The van der Waals surface area contributed by atoms with Crippen LogP contribution in [0.25, 0.3) is 5.65 Å². The Balaban J connectivity index is 2.22. The Morgan fingerprint density at radius 1 is 1.50 bits per heavy atom. The molecule has 2 heterocycles. The molecule has 7 nitrogen and oxygen atoms in total. The van der Waals surface area contributed by atoms with Crippen molar-refractivity contribution in [3.8, 4) is 0 Å². The zero-order valence-corrected chi connectivity index (χ0v) is 9.17. The van der Waals surface area contributed by atoms with Crippen LogP contribution in [0.4, 0.5) is 5.82 Å². The Bertz CT molecular complexity index is 452. The molecule has 0 aliphatic rings. The van der Waals surface area contributed by atoms with E-state index in [-0.39, 0.29) is 0 Å². The largest absolute Gasteiger partial charge is 0.366 e. The van der Waals surface area contributed by atoms with Crippen LogP contribution in [0, 0.1) is 0 Å². The fourth-order valence-corrected chi connectivity index (χ4v) is 1.56. The van der Waals surface area contributed by atoms with Crippen LogP contribution < -0.4 is 11.1 Å². The van der Waals surface area contributed by atoms with Crippen molar-refractivity contribution in [3.63, 3.8) is 0 Å². The highest BCUT2D eigenvalue weighted by Crippen LogP contribution is 2.10. The Kier molecular flexibility index (Phi) is 3.25. The molecule has 0 aliphatic heterocycles. The number of nitrogens with zero attached hydrogens (tertiary/aromatic N) is 5. The first-order valence-electron chi connectivity index (χ1n) is 5.34. The van der Waals surface area contributed by atoms with Gasteiger partial charge in [-0.05, 0) is 29.8 Å². The molecule has 1 unspecified atom stereocenters. The molecule has 7 heteroatoms. The van der Waals surface area contributed by atoms with E-state index in [4.69, 9.17) is 5.73 Å². The van der Waals surface area contributed by atoms with E-state index in [2.05, 4.69) is 32.7 Å². The lowest BCUT2D eigenvalue weighted by Crippen LogP contribution is -2.23. The summed E-state index contributed by atoms with van der Waals surface area (Å²) in [6.07, 6.45) is 5.24. The maximum atomic E-state index is 5.55. The number of tetrazole rings is 1. The van der Waals surface area contributed by atoms with Crippen LogP contribution in [0.1, 0.15) is 19.8 Å². The highest BCUT2D eigenvalue weighted by molar-refractivity contribution is 5.44. The molecule has 2 aromatic heterocycles. The van der Waals surface area contributed by atoms with Crippen molar-refractivity contribution in [2.24, 2.45) is 5.73 Å². The highest BCUT2D eigenvalue weighted by atomic mass is 15.5. The monoisotopic (exact) mass is 221 g/mol. The molecule has 0 aliphatic carbocycles. The summed E-state index contributed by atoms with van der Waals surface area (Å²) in [5.41, 5.74) is 6.18. The second-order valence-electron chi connectivity index (χ2n) is 3.57. The van der Waals surface area contributed by atoms with Crippen molar-refractivity contribution in [2.75, 3.05) is 11.9 Å². The van der Waals surface area contributed by atoms with Gasteiger partial charge < -0.3 is 11.1 Å². The summed E-state index contributed by atoms with van der Waals surface area (Å²) in [6.45, 7) is 2.77. The normalized spacial score (nSPS) is 12.9. The number of hydrogen-bond acceptors (Lipinski definition) is 6. The van der Waals surface area contributed by atoms with Gasteiger partial charge in [-0.3, -0.25) is 4.98 Å². The molecule has 0 radical (unpaired) electrons. The molecule has 86 valence electrons. The average Bonchev–Trinajstić information content (AvgIpc) is 2.77. The summed E-state index contributed by atoms with van der Waals surface area (Å²) in [4.78, 5) is 4.08. The first-order valence-corrected chi connectivity index (χ1v) is 5.34. The summed E-state index contributed by atoms with van der Waals surface area (Å²) >= 11 is 0. The summed E-state index contributed by atoms with van der Waals surface area (Å²) in [7, 11) is 0. The van der Waals surface area contributed by atoms with E-state index < -0.39 is 0 Å². The van der Waals surface area contributed by atoms with Crippen molar-refractivity contribution in [1.82, 2.24) is 25.0 Å². The van der Waals surface area contributed by atoms with Gasteiger partial charge in [0.05, 0.1) is 12.4 Å². The number of nitrogens with two attached hydrogens (primary N) is 1. The molecule has 3 N–H and O–H groups in total. The number of anilines is 1. The van der Waals surface area contributed by atoms with E-state index in [0.717, 1.165) is 18.7 Å². The fraction of sp³-hybridized carbons (Fsp3) is 0.556. The van der Waals surface area contributed by atoms with Gasteiger partial charge in [0.2, 0.25) is 0 Å². The van der Waals surface area contributed by atoms with Gasteiger partial charge in [0.15, 0.2) is 11.5 Å². The summed E-state index contributed by atoms with van der Waals surface area (Å²) in [5, 5.41) is 14.7. The van der Waals surface area contributed by atoms with E-state index in [0.29, 0.717) is 18.2 Å². The van der Waals surface area contributed by atoms with Crippen molar-refractivity contribution >= 4 is 11.5 Å². The van der Waals surface area contributed by atoms with Gasteiger partial charge in [-0.25, -0.2) is 0 Å². The molecule has 0 amide bonds. The van der Waals surface area contributed by atoms with Crippen LogP contribution in [0.15, 0.2) is 12.4 Å². The van der Waals surface area contributed by atoms with Crippen LogP contribution in [-0.2, 0) is 0 Å². The quantitative estimate of drug-likeness (QED) is 0.741. The molecule has 0 fully saturated rings. The van der Waals surface area contributed by atoms with Crippen LogP contribution >= 0.6 is 0 Å². The minimum atomic E-state index is 0.321. The lowest BCUT2D eigenvalue weighted by atomic mass is 10.1. The molecule has 0 saturated heterocycles. The zero-order valence-electron chi connectivity index (χ0n) is 9.17. The van der Waals surface area contributed by atoms with Gasteiger partial charge in [-0.15, -0.1) is 5.10 Å². The maximum Gasteiger partial charge on any atom is 0.199 e. The Hall–Kier alpha value is -1.76. The van der Waals surface area contributed by atoms with E-state index in [1.165, 1.54) is 0 Å². The maximum absolute atomic E-state index is 5.55. The first kappa shape index (κ1) is 10.7. The van der Waals surface area contributed by atoms with Gasteiger partial charge in [-0.2, -0.15) is 4.52 Å². The highest BCUT2D eigenvalue weighted by Gasteiger charge is 2.09. The van der Waals surface area contributed by atoms with E-state index >= 15 is 0 Å². The number of hydrogen-bond donors (Lipinski definition) is 2. The van der Waals surface area contributed by atoms with Crippen molar-refractivity contribution in [2.45, 2.75) is 25.8 Å². The zero-order chi connectivity index (χ0) is 11.4. The molecular formula is C9H15N7. The van der Waals surface area contributed by atoms with Gasteiger partial charge in [0.1, 0.15) is 0 Å². The predicted molar refractivity (Wildman–Crippen MR) is 60.0 cm³/mol. The first-order chi connectivity index (χ1) is 7.85. The van der Waals surface area contributed by atoms with Gasteiger partial charge in [0.25, 0.3) is 0 Å². The molecule has 2 aromatic rings.